The quantitative estimate of drug-likeness (QED) is 0.520. The number of amides is 1. The minimum absolute atomic E-state index is 0.0208. The van der Waals surface area contributed by atoms with Crippen molar-refractivity contribution >= 4 is 33.8 Å². The van der Waals surface area contributed by atoms with E-state index in [-0.39, 0.29) is 35.3 Å². The van der Waals surface area contributed by atoms with Crippen LogP contribution in [0.1, 0.15) is 41.0 Å². The molecule has 0 bridgehead atoms. The van der Waals surface area contributed by atoms with Crippen molar-refractivity contribution in [3.05, 3.63) is 76.4 Å². The van der Waals surface area contributed by atoms with Crippen LogP contribution in [0.25, 0.3) is 12.2 Å². The van der Waals surface area contributed by atoms with Crippen LogP contribution in [0.5, 0.6) is 0 Å². The molecule has 0 spiro atoms. The van der Waals surface area contributed by atoms with Crippen molar-refractivity contribution in [1.29, 1.82) is 0 Å². The third-order valence-corrected chi connectivity index (χ3v) is 8.30. The maximum atomic E-state index is 14.0. The van der Waals surface area contributed by atoms with Crippen LogP contribution in [0.3, 0.4) is 0 Å². The molecule has 1 saturated heterocycles. The van der Waals surface area contributed by atoms with Crippen LogP contribution in [0.4, 0.5) is 10.1 Å². The highest BCUT2D eigenvalue weighted by Gasteiger charge is 2.37. The van der Waals surface area contributed by atoms with E-state index in [1.54, 1.807) is 25.1 Å². The molecule has 7 nitrogen and oxygen atoms in total. The minimum atomic E-state index is -3.99. The van der Waals surface area contributed by atoms with Gasteiger partial charge in [0.1, 0.15) is 11.5 Å². The van der Waals surface area contributed by atoms with Gasteiger partial charge in [-0.15, -0.1) is 0 Å². The molecule has 0 saturated carbocycles. The van der Waals surface area contributed by atoms with E-state index in [2.05, 4.69) is 10.5 Å². The largest absolute Gasteiger partial charge is 0.355 e. The molecule has 1 aromatic heterocycles. The van der Waals surface area contributed by atoms with Gasteiger partial charge in [-0.3, -0.25) is 4.79 Å². The maximum absolute atomic E-state index is 14.0. The van der Waals surface area contributed by atoms with Crippen molar-refractivity contribution in [1.82, 2.24) is 9.46 Å². The van der Waals surface area contributed by atoms with Crippen molar-refractivity contribution in [3.63, 3.8) is 0 Å². The van der Waals surface area contributed by atoms with E-state index in [1.165, 1.54) is 22.5 Å². The van der Waals surface area contributed by atoms with Gasteiger partial charge in [-0.25, -0.2) is 12.8 Å². The van der Waals surface area contributed by atoms with E-state index in [9.17, 15) is 17.6 Å². The van der Waals surface area contributed by atoms with Crippen LogP contribution in [-0.4, -0.2) is 36.9 Å². The minimum Gasteiger partial charge on any atom is -0.355 e. The van der Waals surface area contributed by atoms with Crippen LogP contribution in [0.15, 0.2) is 51.9 Å². The predicted molar refractivity (Wildman–Crippen MR) is 133 cm³/mol. The van der Waals surface area contributed by atoms with Gasteiger partial charge in [0.25, 0.3) is 0 Å². The average Bonchev–Trinajstić information content (AvgIpc) is 3.22. The molecule has 1 unspecified atom stereocenters. The number of nitrogens with one attached hydrogen (secondary N) is 1. The zero-order valence-electron chi connectivity index (χ0n) is 19.9. The predicted octanol–water partition coefficient (Wildman–Crippen LogP) is 4.95. The Bertz CT molecular complexity index is 1380. The van der Waals surface area contributed by atoms with Crippen molar-refractivity contribution in [2.45, 2.75) is 38.5 Å². The van der Waals surface area contributed by atoms with E-state index >= 15 is 0 Å². The van der Waals surface area contributed by atoms with Gasteiger partial charge >= 0.3 is 0 Å². The Kier molecular flexibility index (Phi) is 7.18. The second kappa shape index (κ2) is 10.1. The van der Waals surface area contributed by atoms with Crippen molar-refractivity contribution < 1.29 is 22.1 Å². The summed E-state index contributed by atoms with van der Waals surface area (Å²) < 4.78 is 47.7. The number of rotatable bonds is 6. The van der Waals surface area contributed by atoms with E-state index < -0.39 is 21.8 Å². The Morgan fingerprint density at radius 3 is 2.66 bits per heavy atom. The molecule has 2 aromatic carbocycles. The van der Waals surface area contributed by atoms with Gasteiger partial charge in [-0.1, -0.05) is 29.4 Å². The normalized spacial score (nSPS) is 17.1. The summed E-state index contributed by atoms with van der Waals surface area (Å²) in [5.41, 5.74) is 3.38. The number of halogens is 1. The van der Waals surface area contributed by atoms with Crippen LogP contribution in [-0.2, 0) is 14.8 Å². The molecule has 9 heteroatoms. The highest BCUT2D eigenvalue weighted by atomic mass is 32.2. The summed E-state index contributed by atoms with van der Waals surface area (Å²) in [7, 11) is -3.99. The number of piperidine rings is 1. The maximum Gasteiger partial charge on any atom is 0.248 e. The molecule has 1 aliphatic rings. The summed E-state index contributed by atoms with van der Waals surface area (Å²) in [4.78, 5) is 12.9. The van der Waals surface area contributed by atoms with E-state index in [0.717, 1.165) is 11.1 Å². The first kappa shape index (κ1) is 24.8. The van der Waals surface area contributed by atoms with E-state index in [1.807, 2.05) is 32.0 Å². The van der Waals surface area contributed by atoms with Gasteiger partial charge in [0.2, 0.25) is 15.9 Å². The zero-order valence-corrected chi connectivity index (χ0v) is 20.7. The zero-order chi connectivity index (χ0) is 25.2. The number of hydrogen-bond donors (Lipinski definition) is 1. The molecular weight excluding hydrogens is 469 g/mol. The number of aryl methyl sites for hydroxylation is 3. The first-order valence-electron chi connectivity index (χ1n) is 11.4. The molecule has 1 fully saturated rings. The van der Waals surface area contributed by atoms with Gasteiger partial charge in [0.05, 0.1) is 5.92 Å². The van der Waals surface area contributed by atoms with Gasteiger partial charge in [0.15, 0.2) is 10.7 Å². The summed E-state index contributed by atoms with van der Waals surface area (Å²) in [5, 5.41) is 6.75. The summed E-state index contributed by atoms with van der Waals surface area (Å²) >= 11 is 0. The fourth-order valence-electron chi connectivity index (χ4n) is 4.14. The third-order valence-electron chi connectivity index (χ3n) is 6.28. The lowest BCUT2D eigenvalue weighted by atomic mass is 9.98. The lowest BCUT2D eigenvalue weighted by Gasteiger charge is -2.31. The number of benzene rings is 2. The van der Waals surface area contributed by atoms with Crippen LogP contribution in [0.2, 0.25) is 0 Å². The van der Waals surface area contributed by atoms with Crippen LogP contribution in [0, 0.1) is 32.5 Å². The monoisotopic (exact) mass is 497 g/mol. The lowest BCUT2D eigenvalue weighted by molar-refractivity contribution is -0.120. The molecule has 4 rings (SSSR count). The number of sulfonamides is 1. The Balaban J connectivity index is 1.54. The first-order valence-corrected chi connectivity index (χ1v) is 12.9. The van der Waals surface area contributed by atoms with Crippen molar-refractivity contribution in [2.75, 3.05) is 18.4 Å². The number of carbonyl (C=O) groups excluding carboxylic acids is 1. The molecule has 0 radical (unpaired) electrons. The molecule has 0 aliphatic carbocycles. The highest BCUT2D eigenvalue weighted by Crippen LogP contribution is 2.30. The SMILES string of the molecule is Cc1ccc(NC(=O)C2CCCN(S(=O)(=O)c3c(C)noc3/C=C/c3ccccc3F)C2)cc1C. The van der Waals surface area contributed by atoms with E-state index in [0.29, 0.717) is 24.1 Å². The molecule has 35 heavy (non-hydrogen) atoms. The standard InChI is InChI=1S/C26H28FN3O4S/c1-17-10-12-22(15-18(17)2)28-26(31)21-8-6-14-30(16-21)35(32,33)25-19(3)29-34-24(25)13-11-20-7-4-5-9-23(20)27/h4-5,7,9-13,15,21H,6,8,14,16H2,1-3H3,(H,28,31)/b13-11+. The fourth-order valence-corrected chi connectivity index (χ4v) is 5.92. The fraction of sp³-hybridized carbons (Fsp3) is 0.308. The molecule has 1 atom stereocenters. The number of hydrogen-bond acceptors (Lipinski definition) is 5. The second-order valence-corrected chi connectivity index (χ2v) is 10.7. The Morgan fingerprint density at radius 1 is 1.14 bits per heavy atom. The molecule has 2 heterocycles. The lowest BCUT2D eigenvalue weighted by Crippen LogP contribution is -2.43. The third kappa shape index (κ3) is 5.36. The average molecular weight is 498 g/mol. The smallest absolute Gasteiger partial charge is 0.248 e. The number of carbonyl (C=O) groups is 1. The first-order chi connectivity index (χ1) is 16.7. The number of anilines is 1. The molecular formula is C26H28FN3O4S. The topological polar surface area (TPSA) is 92.5 Å². The van der Waals surface area contributed by atoms with Gasteiger partial charge in [-0.2, -0.15) is 4.31 Å². The summed E-state index contributed by atoms with van der Waals surface area (Å²) in [5.74, 6) is -1.11. The van der Waals surface area contributed by atoms with Crippen molar-refractivity contribution in [2.24, 2.45) is 5.92 Å². The number of aromatic nitrogens is 1. The molecule has 184 valence electrons. The Hall–Kier alpha value is -3.30. The summed E-state index contributed by atoms with van der Waals surface area (Å²) in [6.07, 6.45) is 3.99. The Labute approximate surface area is 204 Å². The van der Waals surface area contributed by atoms with Gasteiger partial charge < -0.3 is 9.84 Å². The van der Waals surface area contributed by atoms with Gasteiger partial charge in [-0.05, 0) is 75.1 Å². The summed E-state index contributed by atoms with van der Waals surface area (Å²) in [6.45, 7) is 5.86. The van der Waals surface area contributed by atoms with Gasteiger partial charge in [0, 0.05) is 24.3 Å². The molecule has 1 aliphatic heterocycles. The summed E-state index contributed by atoms with van der Waals surface area (Å²) in [6, 6.07) is 11.8. The van der Waals surface area contributed by atoms with Crippen LogP contribution < -0.4 is 5.32 Å². The van der Waals surface area contributed by atoms with E-state index in [4.69, 9.17) is 4.52 Å². The highest BCUT2D eigenvalue weighted by molar-refractivity contribution is 7.89. The Morgan fingerprint density at radius 2 is 1.91 bits per heavy atom. The molecule has 3 aromatic rings. The molecule has 1 N–H and O–H groups in total. The number of nitrogens with zero attached hydrogens (tertiary/aromatic N) is 2. The second-order valence-electron chi connectivity index (χ2n) is 8.81. The van der Waals surface area contributed by atoms with Crippen LogP contribution >= 0.6 is 0 Å². The molecule has 1 amide bonds. The van der Waals surface area contributed by atoms with Crippen molar-refractivity contribution in [3.8, 4) is 0 Å².